The minimum atomic E-state index is -1.04. The van der Waals surface area contributed by atoms with Crippen LogP contribution >= 0.6 is 0 Å². The predicted octanol–water partition coefficient (Wildman–Crippen LogP) is 4.62. The van der Waals surface area contributed by atoms with Gasteiger partial charge in [0.05, 0.1) is 0 Å². The lowest BCUT2D eigenvalue weighted by Crippen LogP contribution is -2.38. The second kappa shape index (κ2) is 10.7. The first-order chi connectivity index (χ1) is 16.8. The van der Waals surface area contributed by atoms with Gasteiger partial charge in [0.25, 0.3) is 5.91 Å². The third kappa shape index (κ3) is 6.22. The van der Waals surface area contributed by atoms with Gasteiger partial charge in [-0.05, 0) is 84.1 Å². The SMILES string of the molecule is CN1C[C@H](CNC(=O)O)C[C@H]1CNC(=O)c1cc(-c2ccc(F)cc2)cc(-c2ccc(F)cc2)c1. The molecule has 1 aliphatic heterocycles. The summed E-state index contributed by atoms with van der Waals surface area (Å²) in [7, 11) is 1.96. The molecular weight excluding hydrogens is 452 g/mol. The average molecular weight is 480 g/mol. The summed E-state index contributed by atoms with van der Waals surface area (Å²) in [4.78, 5) is 26.0. The zero-order chi connectivity index (χ0) is 24.9. The van der Waals surface area contributed by atoms with E-state index in [0.29, 0.717) is 18.7 Å². The third-order valence-electron chi connectivity index (χ3n) is 6.37. The van der Waals surface area contributed by atoms with E-state index in [1.54, 1.807) is 36.4 Å². The molecule has 0 saturated carbocycles. The number of carbonyl (C=O) groups is 2. The number of rotatable bonds is 7. The van der Waals surface area contributed by atoms with Gasteiger partial charge in [-0.2, -0.15) is 0 Å². The highest BCUT2D eigenvalue weighted by molar-refractivity contribution is 5.97. The summed E-state index contributed by atoms with van der Waals surface area (Å²) in [6, 6.07) is 17.6. The summed E-state index contributed by atoms with van der Waals surface area (Å²) in [5.41, 5.74) is 3.45. The Morgan fingerprint density at radius 1 is 0.857 bits per heavy atom. The number of likely N-dealkylation sites (N-methyl/N-ethyl adjacent to an activating group) is 1. The van der Waals surface area contributed by atoms with Crippen LogP contribution in [0.2, 0.25) is 0 Å². The molecule has 1 heterocycles. The Balaban J connectivity index is 1.53. The second-order valence-corrected chi connectivity index (χ2v) is 8.90. The van der Waals surface area contributed by atoms with Gasteiger partial charge in [0.1, 0.15) is 11.6 Å². The van der Waals surface area contributed by atoms with Crippen LogP contribution in [0.1, 0.15) is 16.8 Å². The maximum absolute atomic E-state index is 13.5. The Labute approximate surface area is 202 Å². The van der Waals surface area contributed by atoms with Crippen LogP contribution in [-0.2, 0) is 0 Å². The first-order valence-electron chi connectivity index (χ1n) is 11.4. The van der Waals surface area contributed by atoms with Crippen LogP contribution in [0.25, 0.3) is 22.3 Å². The number of likely N-dealkylation sites (tertiary alicyclic amines) is 1. The minimum absolute atomic E-state index is 0.0939. The molecule has 182 valence electrons. The number of carbonyl (C=O) groups excluding carboxylic acids is 1. The Hall–Kier alpha value is -3.78. The zero-order valence-corrected chi connectivity index (χ0v) is 19.3. The molecule has 0 radical (unpaired) electrons. The highest BCUT2D eigenvalue weighted by Crippen LogP contribution is 2.29. The summed E-state index contributed by atoms with van der Waals surface area (Å²) in [6.45, 7) is 1.55. The second-order valence-electron chi connectivity index (χ2n) is 8.90. The van der Waals surface area contributed by atoms with Crippen molar-refractivity contribution in [2.24, 2.45) is 5.92 Å². The number of nitrogens with one attached hydrogen (secondary N) is 2. The van der Waals surface area contributed by atoms with Crippen molar-refractivity contribution in [1.29, 1.82) is 0 Å². The highest BCUT2D eigenvalue weighted by Gasteiger charge is 2.29. The van der Waals surface area contributed by atoms with Crippen molar-refractivity contribution < 1.29 is 23.5 Å². The van der Waals surface area contributed by atoms with Crippen LogP contribution in [0.15, 0.2) is 66.7 Å². The molecule has 1 fully saturated rings. The number of amides is 2. The van der Waals surface area contributed by atoms with E-state index in [0.717, 1.165) is 35.2 Å². The van der Waals surface area contributed by atoms with Crippen molar-refractivity contribution >= 4 is 12.0 Å². The standard InChI is InChI=1S/C27H27F2N3O3/c1-32-16-17(14-31-27(34)35)10-25(32)15-30-26(33)22-12-20(18-2-6-23(28)7-3-18)11-21(13-22)19-4-8-24(29)9-5-19/h2-9,11-13,17,25,31H,10,14-16H2,1H3,(H,30,33)(H,34,35)/t17-,25-/m0/s1. The van der Waals surface area contributed by atoms with Crippen LogP contribution in [0.5, 0.6) is 0 Å². The van der Waals surface area contributed by atoms with Crippen molar-refractivity contribution in [2.75, 3.05) is 26.7 Å². The van der Waals surface area contributed by atoms with Crippen LogP contribution in [0, 0.1) is 17.6 Å². The van der Waals surface area contributed by atoms with Crippen molar-refractivity contribution in [2.45, 2.75) is 12.5 Å². The van der Waals surface area contributed by atoms with Crippen LogP contribution in [0.3, 0.4) is 0 Å². The third-order valence-corrected chi connectivity index (χ3v) is 6.37. The summed E-state index contributed by atoms with van der Waals surface area (Å²) >= 11 is 0. The first kappa shape index (κ1) is 24.3. The molecule has 0 aliphatic carbocycles. The lowest BCUT2D eigenvalue weighted by molar-refractivity contribution is 0.0943. The molecule has 0 spiro atoms. The molecule has 8 heteroatoms. The van der Waals surface area contributed by atoms with E-state index in [1.165, 1.54) is 24.3 Å². The van der Waals surface area contributed by atoms with E-state index in [-0.39, 0.29) is 29.5 Å². The molecule has 4 rings (SSSR count). The van der Waals surface area contributed by atoms with Gasteiger partial charge in [0, 0.05) is 31.2 Å². The lowest BCUT2D eigenvalue weighted by Gasteiger charge is -2.20. The average Bonchev–Trinajstić information content (AvgIpc) is 3.21. The Bertz CT molecular complexity index is 1140. The maximum atomic E-state index is 13.5. The Morgan fingerprint density at radius 3 is 1.91 bits per heavy atom. The van der Waals surface area contributed by atoms with E-state index in [4.69, 9.17) is 5.11 Å². The van der Waals surface area contributed by atoms with Gasteiger partial charge in [-0.1, -0.05) is 24.3 Å². The van der Waals surface area contributed by atoms with Gasteiger partial charge in [-0.3, -0.25) is 4.79 Å². The van der Waals surface area contributed by atoms with E-state index >= 15 is 0 Å². The summed E-state index contributed by atoms with van der Waals surface area (Å²) in [6.07, 6.45) is -0.268. The fourth-order valence-electron chi connectivity index (χ4n) is 4.50. The van der Waals surface area contributed by atoms with Crippen LogP contribution < -0.4 is 10.6 Å². The first-order valence-corrected chi connectivity index (χ1v) is 11.4. The number of carboxylic acid groups (broad SMARTS) is 1. The molecule has 0 aromatic heterocycles. The Morgan fingerprint density at radius 2 is 1.40 bits per heavy atom. The molecule has 2 atom stereocenters. The molecule has 0 bridgehead atoms. The molecule has 0 unspecified atom stereocenters. The minimum Gasteiger partial charge on any atom is -0.465 e. The zero-order valence-electron chi connectivity index (χ0n) is 19.3. The fourth-order valence-corrected chi connectivity index (χ4v) is 4.50. The van der Waals surface area contributed by atoms with E-state index in [1.807, 2.05) is 13.1 Å². The number of nitrogens with zero attached hydrogens (tertiary/aromatic N) is 1. The van der Waals surface area contributed by atoms with Gasteiger partial charge in [0.15, 0.2) is 0 Å². The topological polar surface area (TPSA) is 81.7 Å². The number of benzene rings is 3. The van der Waals surface area contributed by atoms with Crippen molar-refractivity contribution in [3.63, 3.8) is 0 Å². The number of hydrogen-bond acceptors (Lipinski definition) is 3. The molecule has 3 N–H and O–H groups in total. The normalized spacial score (nSPS) is 17.8. The molecular formula is C27H27F2N3O3. The largest absolute Gasteiger partial charge is 0.465 e. The van der Waals surface area contributed by atoms with E-state index in [9.17, 15) is 18.4 Å². The monoisotopic (exact) mass is 479 g/mol. The maximum Gasteiger partial charge on any atom is 0.404 e. The Kier molecular flexibility index (Phi) is 7.41. The summed E-state index contributed by atoms with van der Waals surface area (Å²) in [5, 5.41) is 14.2. The quantitative estimate of drug-likeness (QED) is 0.462. The molecule has 6 nitrogen and oxygen atoms in total. The van der Waals surface area contributed by atoms with E-state index < -0.39 is 6.09 Å². The predicted molar refractivity (Wildman–Crippen MR) is 130 cm³/mol. The van der Waals surface area contributed by atoms with Crippen molar-refractivity contribution in [1.82, 2.24) is 15.5 Å². The summed E-state index contributed by atoms with van der Waals surface area (Å²) < 4.78 is 26.9. The van der Waals surface area contributed by atoms with E-state index in [2.05, 4.69) is 15.5 Å². The van der Waals surface area contributed by atoms with Gasteiger partial charge in [-0.25, -0.2) is 13.6 Å². The van der Waals surface area contributed by atoms with Gasteiger partial charge in [0.2, 0.25) is 0 Å². The van der Waals surface area contributed by atoms with Crippen LogP contribution in [-0.4, -0.2) is 54.7 Å². The molecule has 2 amide bonds. The van der Waals surface area contributed by atoms with Gasteiger partial charge < -0.3 is 20.6 Å². The van der Waals surface area contributed by atoms with Crippen LogP contribution in [0.4, 0.5) is 13.6 Å². The highest BCUT2D eigenvalue weighted by atomic mass is 19.1. The van der Waals surface area contributed by atoms with Crippen molar-refractivity contribution in [3.8, 4) is 22.3 Å². The molecule has 3 aromatic carbocycles. The summed E-state index contributed by atoms with van der Waals surface area (Å²) in [5.74, 6) is -0.763. The molecule has 1 saturated heterocycles. The molecule has 3 aromatic rings. The van der Waals surface area contributed by atoms with Gasteiger partial charge in [-0.15, -0.1) is 0 Å². The van der Waals surface area contributed by atoms with Crippen molar-refractivity contribution in [3.05, 3.63) is 83.9 Å². The molecule has 35 heavy (non-hydrogen) atoms. The smallest absolute Gasteiger partial charge is 0.404 e. The number of halogens is 2. The lowest BCUT2D eigenvalue weighted by atomic mass is 9.95. The fraction of sp³-hybridized carbons (Fsp3) is 0.259. The number of hydrogen-bond donors (Lipinski definition) is 3. The van der Waals surface area contributed by atoms with Gasteiger partial charge >= 0.3 is 6.09 Å². The molecule has 1 aliphatic rings.